The number of aryl methyl sites for hydroxylation is 2. The lowest BCUT2D eigenvalue weighted by Crippen LogP contribution is -2.11. The number of aromatic nitrogens is 1. The molecule has 0 spiro atoms. The third-order valence-corrected chi connectivity index (χ3v) is 6.70. The monoisotopic (exact) mass is 511 g/mol. The molecule has 0 saturated carbocycles. The van der Waals surface area contributed by atoms with Crippen molar-refractivity contribution in [2.75, 3.05) is 0 Å². The molecule has 0 aliphatic rings. The Morgan fingerprint density at radius 3 is 2.38 bits per heavy atom. The largest absolute Gasteiger partial charge is 0.398 e. The highest BCUT2D eigenvalue weighted by Gasteiger charge is 2.22. The van der Waals surface area contributed by atoms with Crippen molar-refractivity contribution in [3.63, 3.8) is 0 Å². The van der Waals surface area contributed by atoms with E-state index in [1.165, 1.54) is 5.56 Å². The number of nitrogens with zero attached hydrogens (tertiary/aromatic N) is 2. The van der Waals surface area contributed by atoms with Crippen LogP contribution in [0, 0.1) is 18.3 Å². The fourth-order valence-corrected chi connectivity index (χ4v) is 4.66. The molecule has 3 nitrogen and oxygen atoms in total. The Bertz CT molecular complexity index is 1320. The van der Waals surface area contributed by atoms with Gasteiger partial charge in [0.1, 0.15) is 0 Å². The highest BCUT2D eigenvalue weighted by Crippen LogP contribution is 2.37. The summed E-state index contributed by atoms with van der Waals surface area (Å²) >= 11 is 6.46. The SMILES string of the molecule is C=CCc1ccc(CC)cc1/C(N)=C(\C)C(/C(C#N)=C\C)c1ccc(-c2cnc(C)cc2Cl)cc1.CC. The molecular formula is C33H38ClN3. The molecule has 0 aliphatic heterocycles. The molecule has 0 aliphatic carbocycles. The Kier molecular flexibility index (Phi) is 11.4. The van der Waals surface area contributed by atoms with Crippen LogP contribution in [0.3, 0.4) is 0 Å². The van der Waals surface area contributed by atoms with Crippen molar-refractivity contribution in [1.29, 1.82) is 5.26 Å². The average Bonchev–Trinajstić information content (AvgIpc) is 2.92. The zero-order valence-electron chi connectivity index (χ0n) is 22.9. The van der Waals surface area contributed by atoms with Gasteiger partial charge in [0.05, 0.1) is 11.1 Å². The fraction of sp³-hybridized carbons (Fsp3) is 0.273. The van der Waals surface area contributed by atoms with E-state index >= 15 is 0 Å². The molecule has 3 rings (SSSR count). The van der Waals surface area contributed by atoms with Crippen molar-refractivity contribution >= 4 is 17.3 Å². The molecule has 1 atom stereocenters. The Balaban J connectivity index is 0.00000235. The second-order valence-corrected chi connectivity index (χ2v) is 9.06. The lowest BCUT2D eigenvalue weighted by molar-refractivity contribution is 0.944. The molecular weight excluding hydrogens is 474 g/mol. The van der Waals surface area contributed by atoms with Gasteiger partial charge in [0.2, 0.25) is 0 Å². The zero-order valence-corrected chi connectivity index (χ0v) is 23.7. The minimum absolute atomic E-state index is 0.257. The summed E-state index contributed by atoms with van der Waals surface area (Å²) in [5.74, 6) is -0.257. The highest BCUT2D eigenvalue weighted by atomic mass is 35.5. The summed E-state index contributed by atoms with van der Waals surface area (Å²) in [6.07, 6.45) is 7.20. The quantitative estimate of drug-likeness (QED) is 0.242. The fourth-order valence-electron chi connectivity index (χ4n) is 4.35. The Morgan fingerprint density at radius 1 is 1.16 bits per heavy atom. The smallest absolute Gasteiger partial charge is 0.0953 e. The van der Waals surface area contributed by atoms with E-state index in [1.54, 1.807) is 6.20 Å². The first-order valence-corrected chi connectivity index (χ1v) is 13.2. The van der Waals surface area contributed by atoms with Gasteiger partial charge in [-0.15, -0.1) is 6.58 Å². The van der Waals surface area contributed by atoms with Crippen molar-refractivity contribution in [3.8, 4) is 17.2 Å². The van der Waals surface area contributed by atoms with Crippen LogP contribution in [0.15, 0.2) is 84.6 Å². The summed E-state index contributed by atoms with van der Waals surface area (Å²) in [6.45, 7) is 15.9. The topological polar surface area (TPSA) is 62.7 Å². The number of hydrogen-bond acceptors (Lipinski definition) is 3. The second-order valence-electron chi connectivity index (χ2n) is 8.65. The number of allylic oxidation sites excluding steroid dienone is 4. The van der Waals surface area contributed by atoms with Crippen LogP contribution in [0.2, 0.25) is 5.02 Å². The van der Waals surface area contributed by atoms with Gasteiger partial charge in [-0.2, -0.15) is 5.26 Å². The highest BCUT2D eigenvalue weighted by molar-refractivity contribution is 6.33. The summed E-state index contributed by atoms with van der Waals surface area (Å²) < 4.78 is 0. The van der Waals surface area contributed by atoms with Crippen LogP contribution in [0.1, 0.15) is 68.5 Å². The molecule has 0 radical (unpaired) electrons. The minimum atomic E-state index is -0.257. The number of nitrogens with two attached hydrogens (primary N) is 1. The van der Waals surface area contributed by atoms with Crippen molar-refractivity contribution in [2.45, 2.75) is 60.3 Å². The van der Waals surface area contributed by atoms with Crippen molar-refractivity contribution in [2.24, 2.45) is 5.73 Å². The van der Waals surface area contributed by atoms with E-state index in [4.69, 9.17) is 17.3 Å². The van der Waals surface area contributed by atoms with E-state index in [-0.39, 0.29) is 5.92 Å². The van der Waals surface area contributed by atoms with Crippen LogP contribution in [0.5, 0.6) is 0 Å². The van der Waals surface area contributed by atoms with Gasteiger partial charge < -0.3 is 5.73 Å². The molecule has 3 aromatic rings. The first kappa shape index (κ1) is 29.6. The van der Waals surface area contributed by atoms with Crippen LogP contribution in [0.25, 0.3) is 16.8 Å². The van der Waals surface area contributed by atoms with Gasteiger partial charge >= 0.3 is 0 Å². The third-order valence-electron chi connectivity index (χ3n) is 6.39. The van der Waals surface area contributed by atoms with E-state index in [9.17, 15) is 5.26 Å². The van der Waals surface area contributed by atoms with Crippen molar-refractivity contribution in [3.05, 3.63) is 118 Å². The molecule has 37 heavy (non-hydrogen) atoms. The van der Waals surface area contributed by atoms with Crippen molar-refractivity contribution < 1.29 is 0 Å². The first-order valence-electron chi connectivity index (χ1n) is 12.8. The number of halogens is 1. The van der Waals surface area contributed by atoms with Crippen LogP contribution in [-0.4, -0.2) is 4.98 Å². The van der Waals surface area contributed by atoms with Gasteiger partial charge in [0.15, 0.2) is 0 Å². The average molecular weight is 512 g/mol. The molecule has 0 fully saturated rings. The Labute approximate surface area is 228 Å². The van der Waals surface area contributed by atoms with Gasteiger partial charge in [0.25, 0.3) is 0 Å². The molecule has 1 unspecified atom stereocenters. The van der Waals surface area contributed by atoms with Crippen LogP contribution < -0.4 is 5.73 Å². The maximum absolute atomic E-state index is 9.95. The zero-order chi connectivity index (χ0) is 27.5. The number of pyridine rings is 1. The van der Waals surface area contributed by atoms with Crippen LogP contribution in [0.4, 0.5) is 0 Å². The number of rotatable bonds is 8. The Morgan fingerprint density at radius 2 is 1.84 bits per heavy atom. The number of hydrogen-bond donors (Lipinski definition) is 1. The van der Waals surface area contributed by atoms with Gasteiger partial charge in [-0.3, -0.25) is 4.98 Å². The summed E-state index contributed by atoms with van der Waals surface area (Å²) in [5.41, 5.74) is 16.2. The van der Waals surface area contributed by atoms with E-state index in [2.05, 4.69) is 42.8 Å². The number of nitriles is 1. The lowest BCUT2D eigenvalue weighted by Gasteiger charge is -2.22. The molecule has 2 N–H and O–H groups in total. The molecule has 2 aromatic carbocycles. The molecule has 0 saturated heterocycles. The van der Waals surface area contributed by atoms with Gasteiger partial charge in [-0.05, 0) is 73.6 Å². The summed E-state index contributed by atoms with van der Waals surface area (Å²) in [4.78, 5) is 4.38. The number of benzene rings is 2. The molecule has 192 valence electrons. The van der Waals surface area contributed by atoms with Gasteiger partial charge in [-0.1, -0.05) is 80.9 Å². The van der Waals surface area contributed by atoms with E-state index in [1.807, 2.05) is 77.1 Å². The maximum atomic E-state index is 9.95. The lowest BCUT2D eigenvalue weighted by atomic mass is 9.82. The van der Waals surface area contributed by atoms with E-state index in [0.29, 0.717) is 16.3 Å². The maximum Gasteiger partial charge on any atom is 0.0953 e. The molecule has 4 heteroatoms. The molecule has 0 amide bonds. The van der Waals surface area contributed by atoms with Crippen molar-refractivity contribution in [1.82, 2.24) is 4.98 Å². The predicted octanol–water partition coefficient (Wildman–Crippen LogP) is 8.97. The van der Waals surface area contributed by atoms with Gasteiger partial charge in [-0.25, -0.2) is 0 Å². The van der Waals surface area contributed by atoms with E-state index in [0.717, 1.165) is 51.9 Å². The molecule has 1 aromatic heterocycles. The molecule has 0 bridgehead atoms. The van der Waals surface area contributed by atoms with Crippen LogP contribution >= 0.6 is 11.6 Å². The third kappa shape index (κ3) is 7.00. The summed E-state index contributed by atoms with van der Waals surface area (Å²) in [7, 11) is 0. The van der Waals surface area contributed by atoms with Gasteiger partial charge in [0, 0.05) is 40.2 Å². The summed E-state index contributed by atoms with van der Waals surface area (Å²) in [5, 5.41) is 10.6. The van der Waals surface area contributed by atoms with E-state index < -0.39 is 0 Å². The predicted molar refractivity (Wildman–Crippen MR) is 159 cm³/mol. The molecule has 1 heterocycles. The first-order chi connectivity index (χ1) is 17.8. The summed E-state index contributed by atoms with van der Waals surface area (Å²) in [6, 6.07) is 18.8. The Hall–Kier alpha value is -3.61. The van der Waals surface area contributed by atoms with Crippen LogP contribution in [-0.2, 0) is 12.8 Å². The second kappa shape index (κ2) is 14.2. The standard InChI is InChI=1S/C31H32ClN3.C2H6/c1-6-9-24-11-10-22(7-2)17-27(24)31(34)21(5)30(23(8-3)18-33)26-14-12-25(13-15-26)28-19-35-20(4)16-29(28)32;1-2/h6,8,10-17,19,30H,1,7,9,34H2,2-5H3;1-2H3/b23-8-,31-21-;. The minimum Gasteiger partial charge on any atom is -0.398 e. The normalized spacial score (nSPS) is 12.5.